The van der Waals surface area contributed by atoms with Crippen molar-refractivity contribution in [2.45, 2.75) is 175 Å². The molecule has 0 bridgehead atoms. The summed E-state index contributed by atoms with van der Waals surface area (Å²) in [5.41, 5.74) is -0.380. The minimum absolute atomic E-state index is 0.380. The van der Waals surface area contributed by atoms with Crippen LogP contribution in [-0.2, 0) is 0 Å². The van der Waals surface area contributed by atoms with Gasteiger partial charge in [-0.1, -0.05) is 136 Å². The summed E-state index contributed by atoms with van der Waals surface area (Å²) in [5.74, 6) is 0.818. The van der Waals surface area contributed by atoms with Crippen LogP contribution in [0.4, 0.5) is 0 Å². The minimum atomic E-state index is -0.380. The van der Waals surface area contributed by atoms with E-state index >= 15 is 0 Å². The highest BCUT2D eigenvalue weighted by atomic mass is 16.3. The van der Waals surface area contributed by atoms with Crippen molar-refractivity contribution in [3.05, 3.63) is 12.2 Å². The van der Waals surface area contributed by atoms with Crippen LogP contribution in [0.1, 0.15) is 169 Å². The molecule has 0 amide bonds. The Balaban J connectivity index is 3.99. The molecule has 0 radical (unpaired) electrons. The first kappa shape index (κ1) is 30.7. The Hall–Kier alpha value is -0.300. The van der Waals surface area contributed by atoms with Gasteiger partial charge < -0.3 is 5.11 Å². The van der Waals surface area contributed by atoms with Gasteiger partial charge in [-0.3, -0.25) is 0 Å². The van der Waals surface area contributed by atoms with Gasteiger partial charge >= 0.3 is 0 Å². The SMILES string of the molecule is CCCCCCCCC(/C=C/CCCCCCC(O)(CCCC)CCCC)CCCC. The van der Waals surface area contributed by atoms with Gasteiger partial charge in [-0.25, -0.2) is 0 Å². The van der Waals surface area contributed by atoms with Crippen LogP contribution in [-0.4, -0.2) is 10.7 Å². The predicted molar refractivity (Wildman–Crippen MR) is 142 cm³/mol. The summed E-state index contributed by atoms with van der Waals surface area (Å²) in [6, 6.07) is 0. The normalized spacial score (nSPS) is 13.3. The monoisotopic (exact) mass is 436 g/mol. The molecular weight excluding hydrogens is 376 g/mol. The summed E-state index contributed by atoms with van der Waals surface area (Å²) in [5, 5.41) is 11.0. The third kappa shape index (κ3) is 20.1. The molecule has 1 nitrogen and oxygen atoms in total. The van der Waals surface area contributed by atoms with Crippen LogP contribution >= 0.6 is 0 Å². The van der Waals surface area contributed by atoms with Crippen molar-refractivity contribution in [3.63, 3.8) is 0 Å². The molecule has 0 aliphatic heterocycles. The first-order valence-electron chi connectivity index (χ1n) is 14.5. The van der Waals surface area contributed by atoms with E-state index in [0.29, 0.717) is 0 Å². The number of aliphatic hydroxyl groups is 1. The van der Waals surface area contributed by atoms with Crippen LogP contribution in [0, 0.1) is 5.92 Å². The molecule has 186 valence electrons. The fourth-order valence-corrected chi connectivity index (χ4v) is 4.74. The maximum Gasteiger partial charge on any atom is 0.0647 e. The standard InChI is InChI=1S/C30H60O/c1-5-9-13-14-17-20-24-29(23-10-6-2)25-21-18-15-16-19-22-28-30(31,26-11-7-3)27-12-8-4/h21,25,29,31H,5-20,22-24,26-28H2,1-4H3/b25-21+. The molecule has 1 unspecified atom stereocenters. The van der Waals surface area contributed by atoms with Gasteiger partial charge in [0.15, 0.2) is 0 Å². The van der Waals surface area contributed by atoms with E-state index in [9.17, 15) is 5.11 Å². The van der Waals surface area contributed by atoms with Crippen molar-refractivity contribution >= 4 is 0 Å². The van der Waals surface area contributed by atoms with Crippen molar-refractivity contribution in [3.8, 4) is 0 Å². The van der Waals surface area contributed by atoms with E-state index in [-0.39, 0.29) is 5.60 Å². The molecule has 1 N–H and O–H groups in total. The van der Waals surface area contributed by atoms with E-state index in [0.717, 1.165) is 25.2 Å². The molecule has 0 saturated carbocycles. The smallest absolute Gasteiger partial charge is 0.0647 e. The topological polar surface area (TPSA) is 20.2 Å². The lowest BCUT2D eigenvalue weighted by Gasteiger charge is -2.28. The zero-order chi connectivity index (χ0) is 23.0. The first-order valence-corrected chi connectivity index (χ1v) is 14.5. The number of rotatable bonds is 24. The van der Waals surface area contributed by atoms with Crippen LogP contribution in [0.2, 0.25) is 0 Å². The highest BCUT2D eigenvalue weighted by Gasteiger charge is 2.24. The summed E-state index contributed by atoms with van der Waals surface area (Å²) >= 11 is 0. The third-order valence-electron chi connectivity index (χ3n) is 7.02. The zero-order valence-electron chi connectivity index (χ0n) is 22.2. The molecule has 0 rings (SSSR count). The lowest BCUT2D eigenvalue weighted by molar-refractivity contribution is 0.00789. The fourth-order valence-electron chi connectivity index (χ4n) is 4.74. The summed E-state index contributed by atoms with van der Waals surface area (Å²) in [7, 11) is 0. The summed E-state index contributed by atoms with van der Waals surface area (Å²) < 4.78 is 0. The van der Waals surface area contributed by atoms with Crippen molar-refractivity contribution < 1.29 is 5.11 Å². The van der Waals surface area contributed by atoms with E-state index in [1.807, 2.05) is 0 Å². The average molecular weight is 437 g/mol. The summed E-state index contributed by atoms with van der Waals surface area (Å²) in [6.07, 6.45) is 33.1. The van der Waals surface area contributed by atoms with Crippen LogP contribution in [0.3, 0.4) is 0 Å². The molecule has 0 aromatic rings. The quantitative estimate of drug-likeness (QED) is 0.118. The van der Waals surface area contributed by atoms with Gasteiger partial charge in [0, 0.05) is 0 Å². The Kier molecular flexibility index (Phi) is 22.7. The molecule has 0 aromatic carbocycles. The van der Waals surface area contributed by atoms with E-state index < -0.39 is 0 Å². The molecule has 0 aromatic heterocycles. The van der Waals surface area contributed by atoms with E-state index in [2.05, 4.69) is 39.8 Å². The lowest BCUT2D eigenvalue weighted by atomic mass is 9.86. The van der Waals surface area contributed by atoms with Gasteiger partial charge in [-0.2, -0.15) is 0 Å². The summed E-state index contributed by atoms with van der Waals surface area (Å²) in [4.78, 5) is 0. The Morgan fingerprint density at radius 2 is 1.03 bits per heavy atom. The molecule has 1 heteroatoms. The summed E-state index contributed by atoms with van der Waals surface area (Å²) in [6.45, 7) is 9.08. The maximum atomic E-state index is 11.0. The number of hydrogen-bond acceptors (Lipinski definition) is 1. The number of hydrogen-bond donors (Lipinski definition) is 1. The van der Waals surface area contributed by atoms with Gasteiger partial charge in [0.05, 0.1) is 5.60 Å². The van der Waals surface area contributed by atoms with Crippen LogP contribution in [0.15, 0.2) is 12.2 Å². The van der Waals surface area contributed by atoms with Crippen molar-refractivity contribution in [1.29, 1.82) is 0 Å². The molecular formula is C30H60O. The largest absolute Gasteiger partial charge is 0.390 e. The minimum Gasteiger partial charge on any atom is -0.390 e. The van der Waals surface area contributed by atoms with Gasteiger partial charge in [-0.05, 0) is 50.9 Å². The zero-order valence-corrected chi connectivity index (χ0v) is 22.2. The van der Waals surface area contributed by atoms with Crippen LogP contribution in [0.25, 0.3) is 0 Å². The fraction of sp³-hybridized carbons (Fsp3) is 0.933. The second-order valence-electron chi connectivity index (χ2n) is 10.3. The average Bonchev–Trinajstić information content (AvgIpc) is 2.78. The second kappa shape index (κ2) is 22.9. The van der Waals surface area contributed by atoms with Crippen LogP contribution < -0.4 is 0 Å². The molecule has 0 heterocycles. The molecule has 31 heavy (non-hydrogen) atoms. The van der Waals surface area contributed by atoms with Crippen molar-refractivity contribution in [2.24, 2.45) is 5.92 Å². The Labute approximate surface area is 197 Å². The van der Waals surface area contributed by atoms with E-state index in [4.69, 9.17) is 0 Å². The highest BCUT2D eigenvalue weighted by molar-refractivity contribution is 4.88. The molecule has 0 saturated heterocycles. The predicted octanol–water partition coefficient (Wildman–Crippen LogP) is 10.6. The van der Waals surface area contributed by atoms with Gasteiger partial charge in [0.25, 0.3) is 0 Å². The number of allylic oxidation sites excluding steroid dienone is 2. The molecule has 0 spiro atoms. The molecule has 1 atom stereocenters. The highest BCUT2D eigenvalue weighted by Crippen LogP contribution is 2.28. The van der Waals surface area contributed by atoms with Gasteiger partial charge in [0.1, 0.15) is 0 Å². The lowest BCUT2D eigenvalue weighted by Crippen LogP contribution is -2.28. The maximum absolute atomic E-state index is 11.0. The van der Waals surface area contributed by atoms with Crippen molar-refractivity contribution in [2.75, 3.05) is 0 Å². The van der Waals surface area contributed by atoms with Crippen molar-refractivity contribution in [1.82, 2.24) is 0 Å². The molecule has 0 aliphatic rings. The number of unbranched alkanes of at least 4 members (excludes halogenated alkanes) is 12. The van der Waals surface area contributed by atoms with Gasteiger partial charge in [-0.15, -0.1) is 0 Å². The Morgan fingerprint density at radius 1 is 0.548 bits per heavy atom. The Morgan fingerprint density at radius 3 is 1.68 bits per heavy atom. The molecule has 0 fully saturated rings. The van der Waals surface area contributed by atoms with Crippen LogP contribution in [0.5, 0.6) is 0 Å². The first-order chi connectivity index (χ1) is 15.1. The third-order valence-corrected chi connectivity index (χ3v) is 7.02. The van der Waals surface area contributed by atoms with E-state index in [1.165, 1.54) is 122 Å². The molecule has 0 aliphatic carbocycles. The second-order valence-corrected chi connectivity index (χ2v) is 10.3. The van der Waals surface area contributed by atoms with Gasteiger partial charge in [0.2, 0.25) is 0 Å². The van der Waals surface area contributed by atoms with E-state index in [1.54, 1.807) is 0 Å². The Bertz CT molecular complexity index is 365.